The third-order valence-corrected chi connectivity index (χ3v) is 4.31. The Morgan fingerprint density at radius 1 is 1.33 bits per heavy atom. The molecule has 0 aromatic heterocycles. The Morgan fingerprint density at radius 3 is 2.81 bits per heavy atom. The van der Waals surface area contributed by atoms with E-state index < -0.39 is 0 Å². The van der Waals surface area contributed by atoms with Gasteiger partial charge in [0.25, 0.3) is 0 Å². The average molecular weight is 291 g/mol. The van der Waals surface area contributed by atoms with E-state index in [1.807, 2.05) is 6.07 Å². The van der Waals surface area contributed by atoms with Crippen molar-refractivity contribution in [2.24, 2.45) is 0 Å². The molecule has 1 aliphatic heterocycles. The lowest BCUT2D eigenvalue weighted by atomic mass is 9.86. The van der Waals surface area contributed by atoms with Crippen LogP contribution in [-0.4, -0.2) is 18.8 Å². The standard InChI is InChI=1S/C18H29NO2/c1-5-8-11-20-14-9-10-17-15(12-14)16(19-7-3)13-18(4,6-2)21-17/h9-10,12,16,19H,5-8,11,13H2,1-4H3. The van der Waals surface area contributed by atoms with Crippen LogP contribution in [0.1, 0.15) is 65.0 Å². The number of benzene rings is 1. The second kappa shape index (κ2) is 7.17. The summed E-state index contributed by atoms with van der Waals surface area (Å²) in [6.45, 7) is 10.5. The van der Waals surface area contributed by atoms with Crippen LogP contribution in [0.2, 0.25) is 0 Å². The molecule has 1 N–H and O–H groups in total. The maximum atomic E-state index is 6.23. The molecule has 21 heavy (non-hydrogen) atoms. The molecule has 0 bridgehead atoms. The van der Waals surface area contributed by atoms with Gasteiger partial charge in [-0.25, -0.2) is 0 Å². The molecular weight excluding hydrogens is 262 g/mol. The van der Waals surface area contributed by atoms with Crippen molar-refractivity contribution in [3.8, 4) is 11.5 Å². The molecule has 0 spiro atoms. The normalized spacial score (nSPS) is 24.3. The number of unbranched alkanes of at least 4 members (excludes halogenated alkanes) is 1. The van der Waals surface area contributed by atoms with E-state index in [4.69, 9.17) is 9.47 Å². The lowest BCUT2D eigenvalue weighted by molar-refractivity contribution is 0.0443. The molecule has 0 saturated heterocycles. The zero-order valence-corrected chi connectivity index (χ0v) is 13.9. The maximum absolute atomic E-state index is 6.23. The Bertz CT molecular complexity index is 461. The van der Waals surface area contributed by atoms with Gasteiger partial charge >= 0.3 is 0 Å². The van der Waals surface area contributed by atoms with Gasteiger partial charge in [-0.3, -0.25) is 0 Å². The molecule has 0 aliphatic carbocycles. The van der Waals surface area contributed by atoms with Gasteiger partial charge in [0.2, 0.25) is 0 Å². The summed E-state index contributed by atoms with van der Waals surface area (Å²) >= 11 is 0. The Kier molecular flexibility index (Phi) is 5.51. The summed E-state index contributed by atoms with van der Waals surface area (Å²) in [6, 6.07) is 6.58. The number of rotatable bonds is 7. The van der Waals surface area contributed by atoms with Crippen LogP contribution in [0.5, 0.6) is 11.5 Å². The van der Waals surface area contributed by atoms with Gasteiger partial charge < -0.3 is 14.8 Å². The zero-order chi connectivity index (χ0) is 15.3. The molecule has 0 saturated carbocycles. The third-order valence-electron chi connectivity index (χ3n) is 4.31. The maximum Gasteiger partial charge on any atom is 0.125 e. The second-order valence-electron chi connectivity index (χ2n) is 6.12. The minimum atomic E-state index is -0.0789. The molecule has 0 amide bonds. The summed E-state index contributed by atoms with van der Waals surface area (Å²) in [5.41, 5.74) is 1.15. The van der Waals surface area contributed by atoms with Gasteiger partial charge in [0.1, 0.15) is 17.1 Å². The lowest BCUT2D eigenvalue weighted by Gasteiger charge is -2.40. The van der Waals surface area contributed by atoms with E-state index in [1.165, 1.54) is 5.56 Å². The molecular formula is C18H29NO2. The molecule has 2 unspecified atom stereocenters. The molecule has 1 aromatic rings. The van der Waals surface area contributed by atoms with Crippen molar-refractivity contribution in [2.75, 3.05) is 13.2 Å². The summed E-state index contributed by atoms with van der Waals surface area (Å²) in [6.07, 6.45) is 4.27. The molecule has 1 aromatic carbocycles. The average Bonchev–Trinajstić information content (AvgIpc) is 2.48. The van der Waals surface area contributed by atoms with E-state index in [-0.39, 0.29) is 5.60 Å². The van der Waals surface area contributed by atoms with Crippen LogP contribution in [0.4, 0.5) is 0 Å². The zero-order valence-electron chi connectivity index (χ0n) is 13.9. The molecule has 2 rings (SSSR count). The predicted octanol–water partition coefficient (Wildman–Crippen LogP) is 4.47. The number of ether oxygens (including phenoxy) is 2. The highest BCUT2D eigenvalue weighted by Crippen LogP contribution is 2.42. The molecule has 0 fully saturated rings. The Labute approximate surface area is 129 Å². The van der Waals surface area contributed by atoms with Crippen molar-refractivity contribution in [2.45, 2.75) is 65.0 Å². The summed E-state index contributed by atoms with van der Waals surface area (Å²) in [4.78, 5) is 0. The molecule has 0 radical (unpaired) electrons. The number of hydrogen-bond acceptors (Lipinski definition) is 3. The van der Waals surface area contributed by atoms with Gasteiger partial charge in [-0.15, -0.1) is 0 Å². The number of fused-ring (bicyclic) bond motifs is 1. The molecule has 3 nitrogen and oxygen atoms in total. The molecule has 3 heteroatoms. The predicted molar refractivity (Wildman–Crippen MR) is 87.2 cm³/mol. The Balaban J connectivity index is 2.21. The van der Waals surface area contributed by atoms with Crippen LogP contribution in [0, 0.1) is 0 Å². The van der Waals surface area contributed by atoms with E-state index in [0.717, 1.165) is 50.3 Å². The quantitative estimate of drug-likeness (QED) is 0.752. The molecule has 118 valence electrons. The van der Waals surface area contributed by atoms with Crippen molar-refractivity contribution in [3.05, 3.63) is 23.8 Å². The number of hydrogen-bond donors (Lipinski definition) is 1. The van der Waals surface area contributed by atoms with Crippen LogP contribution < -0.4 is 14.8 Å². The van der Waals surface area contributed by atoms with Gasteiger partial charge in [0.15, 0.2) is 0 Å². The van der Waals surface area contributed by atoms with Crippen molar-refractivity contribution < 1.29 is 9.47 Å². The van der Waals surface area contributed by atoms with E-state index >= 15 is 0 Å². The summed E-state index contributed by atoms with van der Waals surface area (Å²) in [7, 11) is 0. The van der Waals surface area contributed by atoms with Gasteiger partial charge in [0.05, 0.1) is 6.61 Å². The Morgan fingerprint density at radius 2 is 2.14 bits per heavy atom. The van der Waals surface area contributed by atoms with Crippen LogP contribution in [0.25, 0.3) is 0 Å². The summed E-state index contributed by atoms with van der Waals surface area (Å²) < 4.78 is 12.1. The van der Waals surface area contributed by atoms with Crippen LogP contribution in [0.3, 0.4) is 0 Å². The van der Waals surface area contributed by atoms with Crippen LogP contribution in [-0.2, 0) is 0 Å². The Hall–Kier alpha value is -1.22. The minimum absolute atomic E-state index is 0.0789. The fourth-order valence-corrected chi connectivity index (χ4v) is 2.81. The lowest BCUT2D eigenvalue weighted by Crippen LogP contribution is -2.41. The first kappa shape index (κ1) is 16.2. The highest BCUT2D eigenvalue weighted by molar-refractivity contribution is 5.44. The minimum Gasteiger partial charge on any atom is -0.494 e. The van der Waals surface area contributed by atoms with Crippen molar-refractivity contribution >= 4 is 0 Å². The number of nitrogens with one attached hydrogen (secondary N) is 1. The fourth-order valence-electron chi connectivity index (χ4n) is 2.81. The smallest absolute Gasteiger partial charge is 0.125 e. The van der Waals surface area contributed by atoms with Gasteiger partial charge in [-0.05, 0) is 44.5 Å². The molecule has 2 atom stereocenters. The van der Waals surface area contributed by atoms with Gasteiger partial charge in [-0.2, -0.15) is 0 Å². The van der Waals surface area contributed by atoms with E-state index in [2.05, 4.69) is 45.1 Å². The van der Waals surface area contributed by atoms with Crippen molar-refractivity contribution in [1.29, 1.82) is 0 Å². The topological polar surface area (TPSA) is 30.5 Å². The molecule has 1 aliphatic rings. The van der Waals surface area contributed by atoms with E-state index in [9.17, 15) is 0 Å². The first-order valence-electron chi connectivity index (χ1n) is 8.31. The van der Waals surface area contributed by atoms with Crippen LogP contribution in [0.15, 0.2) is 18.2 Å². The van der Waals surface area contributed by atoms with Crippen LogP contribution >= 0.6 is 0 Å². The van der Waals surface area contributed by atoms with E-state index in [1.54, 1.807) is 0 Å². The van der Waals surface area contributed by atoms with Crippen molar-refractivity contribution in [1.82, 2.24) is 5.32 Å². The first-order chi connectivity index (χ1) is 10.1. The second-order valence-corrected chi connectivity index (χ2v) is 6.12. The monoisotopic (exact) mass is 291 g/mol. The highest BCUT2D eigenvalue weighted by Gasteiger charge is 2.35. The molecule has 1 heterocycles. The SMILES string of the molecule is CCCCOc1ccc2c(c1)C(NCC)CC(C)(CC)O2. The van der Waals surface area contributed by atoms with E-state index in [0.29, 0.717) is 6.04 Å². The largest absolute Gasteiger partial charge is 0.494 e. The third kappa shape index (κ3) is 3.91. The van der Waals surface area contributed by atoms with Gasteiger partial charge in [0, 0.05) is 18.0 Å². The van der Waals surface area contributed by atoms with Crippen molar-refractivity contribution in [3.63, 3.8) is 0 Å². The first-order valence-corrected chi connectivity index (χ1v) is 8.31. The van der Waals surface area contributed by atoms with Gasteiger partial charge in [-0.1, -0.05) is 27.2 Å². The summed E-state index contributed by atoms with van der Waals surface area (Å²) in [5.74, 6) is 1.95. The fraction of sp³-hybridized carbons (Fsp3) is 0.667. The summed E-state index contributed by atoms with van der Waals surface area (Å²) in [5, 5.41) is 3.59. The highest BCUT2D eigenvalue weighted by atomic mass is 16.5.